The highest BCUT2D eigenvalue weighted by Gasteiger charge is 2.32. The third-order valence-corrected chi connectivity index (χ3v) is 4.45. The lowest BCUT2D eigenvalue weighted by Gasteiger charge is -2.01. The highest BCUT2D eigenvalue weighted by Crippen LogP contribution is 2.23. The number of aliphatic carboxylic acids is 1. The van der Waals surface area contributed by atoms with Crippen molar-refractivity contribution in [2.45, 2.75) is 11.7 Å². The Balaban J connectivity index is 1.76. The van der Waals surface area contributed by atoms with Crippen molar-refractivity contribution in [2.75, 3.05) is 0 Å². The number of amidine groups is 1. The molecule has 8 heteroatoms. The molecule has 1 saturated heterocycles. The summed E-state index contributed by atoms with van der Waals surface area (Å²) in [5.74, 6) is -1.89. The minimum atomic E-state index is -1.06. The van der Waals surface area contributed by atoms with E-state index in [1.807, 2.05) is 12.1 Å². The third kappa shape index (κ3) is 3.43. The lowest BCUT2D eigenvalue weighted by molar-refractivity contribution is -0.138. The largest absolute Gasteiger partial charge is 0.481 e. The zero-order chi connectivity index (χ0) is 17.1. The molecule has 1 heterocycles. The van der Waals surface area contributed by atoms with E-state index in [1.54, 1.807) is 24.3 Å². The minimum Gasteiger partial charge on any atom is -0.481 e. The van der Waals surface area contributed by atoms with Gasteiger partial charge in [-0.15, -0.1) is 5.10 Å². The Morgan fingerprint density at radius 2 is 2.12 bits per heavy atom. The van der Waals surface area contributed by atoms with Gasteiger partial charge >= 0.3 is 5.97 Å². The summed E-state index contributed by atoms with van der Waals surface area (Å²) in [7, 11) is 0. The van der Waals surface area contributed by atoms with Crippen LogP contribution >= 0.6 is 11.8 Å². The van der Waals surface area contributed by atoms with Gasteiger partial charge in [0.15, 0.2) is 5.17 Å². The highest BCUT2D eigenvalue weighted by atomic mass is 32.2. The van der Waals surface area contributed by atoms with Gasteiger partial charge in [0.25, 0.3) is 0 Å². The number of nitrogens with zero attached hydrogens (tertiary/aromatic N) is 2. The monoisotopic (exact) mass is 345 g/mol. The second-order valence-corrected chi connectivity index (χ2v) is 6.22. The molecule has 1 aliphatic heterocycles. The Kier molecular flexibility index (Phi) is 4.57. The van der Waals surface area contributed by atoms with Crippen molar-refractivity contribution in [1.29, 1.82) is 0 Å². The molecule has 1 atom stereocenters. The molecule has 0 aliphatic carbocycles. The fraction of sp³-hybridized carbons (Fsp3) is 0.125. The number of nitrogens with one attached hydrogen (secondary N) is 1. The van der Waals surface area contributed by atoms with Crippen LogP contribution in [-0.2, 0) is 9.59 Å². The Labute approximate surface area is 140 Å². The lowest BCUT2D eigenvalue weighted by atomic mass is 10.1. The van der Waals surface area contributed by atoms with Gasteiger partial charge in [-0.25, -0.2) is 4.39 Å². The molecule has 6 nitrogen and oxygen atoms in total. The Morgan fingerprint density at radius 3 is 2.92 bits per heavy atom. The fourth-order valence-electron chi connectivity index (χ4n) is 2.24. The smallest absolute Gasteiger partial charge is 0.305 e. The van der Waals surface area contributed by atoms with Gasteiger partial charge in [0, 0.05) is 10.9 Å². The molecular weight excluding hydrogens is 333 g/mol. The number of rotatable bonds is 4. The number of hydrogen-bond donors (Lipinski definition) is 2. The van der Waals surface area contributed by atoms with Crippen molar-refractivity contribution >= 4 is 45.8 Å². The van der Waals surface area contributed by atoms with Gasteiger partial charge in [-0.2, -0.15) is 5.10 Å². The van der Waals surface area contributed by atoms with E-state index in [-0.39, 0.29) is 17.2 Å². The molecule has 1 aliphatic rings. The van der Waals surface area contributed by atoms with Gasteiger partial charge < -0.3 is 10.4 Å². The number of hydrogen-bond acceptors (Lipinski definition) is 5. The Bertz CT molecular complexity index is 882. The third-order valence-electron chi connectivity index (χ3n) is 3.38. The zero-order valence-electron chi connectivity index (χ0n) is 12.3. The summed E-state index contributed by atoms with van der Waals surface area (Å²) in [5.41, 5.74) is 0.273. The van der Waals surface area contributed by atoms with Crippen molar-refractivity contribution < 1.29 is 19.1 Å². The predicted octanol–water partition coefficient (Wildman–Crippen LogP) is 2.38. The van der Waals surface area contributed by atoms with Crippen LogP contribution in [-0.4, -0.2) is 33.6 Å². The second kappa shape index (κ2) is 6.79. The van der Waals surface area contributed by atoms with Crippen molar-refractivity contribution in [1.82, 2.24) is 5.32 Å². The molecule has 3 rings (SSSR count). The number of benzene rings is 2. The Hall–Kier alpha value is -2.74. The average Bonchev–Trinajstić information content (AvgIpc) is 2.89. The fourth-order valence-corrected chi connectivity index (χ4v) is 3.15. The molecule has 0 aromatic heterocycles. The van der Waals surface area contributed by atoms with E-state index in [9.17, 15) is 14.0 Å². The maximum absolute atomic E-state index is 14.4. The number of carboxylic acids is 1. The number of fused-ring (bicyclic) bond motifs is 1. The molecule has 122 valence electrons. The summed E-state index contributed by atoms with van der Waals surface area (Å²) in [6.45, 7) is 0. The van der Waals surface area contributed by atoms with Crippen LogP contribution in [0.4, 0.5) is 4.39 Å². The number of halogens is 1. The second-order valence-electron chi connectivity index (χ2n) is 5.03. The minimum absolute atomic E-state index is 0.198. The zero-order valence-corrected chi connectivity index (χ0v) is 13.1. The number of amides is 1. The van der Waals surface area contributed by atoms with E-state index in [4.69, 9.17) is 5.11 Å². The summed E-state index contributed by atoms with van der Waals surface area (Å²) in [6.07, 6.45) is 0.963. The molecule has 1 fully saturated rings. The first-order valence-corrected chi connectivity index (χ1v) is 7.90. The van der Waals surface area contributed by atoms with Crippen LogP contribution in [0.5, 0.6) is 0 Å². The van der Waals surface area contributed by atoms with Crippen LogP contribution in [0, 0.1) is 5.82 Å². The van der Waals surface area contributed by atoms with E-state index >= 15 is 0 Å². The molecule has 2 aromatic carbocycles. The van der Waals surface area contributed by atoms with Crippen LogP contribution in [0.1, 0.15) is 12.0 Å². The molecule has 1 amide bonds. The van der Waals surface area contributed by atoms with E-state index in [2.05, 4.69) is 15.5 Å². The van der Waals surface area contributed by atoms with Gasteiger partial charge in [0.2, 0.25) is 5.91 Å². The Morgan fingerprint density at radius 1 is 1.33 bits per heavy atom. The first-order chi connectivity index (χ1) is 11.5. The summed E-state index contributed by atoms with van der Waals surface area (Å²) < 4.78 is 14.4. The standard InChI is InChI=1S/C16H12FN3O3S/c17-14-10(6-5-9-3-1-2-4-11(9)14)8-18-20-16-19-15(23)12(24-16)7-13(21)22/h1-6,8,12H,7H2,(H,21,22)(H,19,20,23). The first kappa shape index (κ1) is 16.1. The molecule has 2 N–H and O–H groups in total. The molecule has 24 heavy (non-hydrogen) atoms. The van der Waals surface area contributed by atoms with Gasteiger partial charge in [0.05, 0.1) is 12.6 Å². The molecular formula is C16H12FN3O3S. The quantitative estimate of drug-likeness (QED) is 0.657. The summed E-state index contributed by atoms with van der Waals surface area (Å²) in [4.78, 5) is 22.2. The van der Waals surface area contributed by atoms with Crippen molar-refractivity contribution in [2.24, 2.45) is 10.2 Å². The normalized spacial score (nSPS) is 19.3. The summed E-state index contributed by atoms with van der Waals surface area (Å²) in [6, 6.07) is 10.4. The van der Waals surface area contributed by atoms with Crippen molar-refractivity contribution in [3.8, 4) is 0 Å². The van der Waals surface area contributed by atoms with E-state index in [0.29, 0.717) is 5.39 Å². The van der Waals surface area contributed by atoms with Gasteiger partial charge in [0.1, 0.15) is 11.1 Å². The number of carboxylic acid groups (broad SMARTS) is 1. The van der Waals surface area contributed by atoms with Gasteiger partial charge in [-0.05, 0) is 11.5 Å². The van der Waals surface area contributed by atoms with Crippen molar-refractivity contribution in [3.05, 3.63) is 47.8 Å². The van der Waals surface area contributed by atoms with Crippen LogP contribution in [0.15, 0.2) is 46.6 Å². The van der Waals surface area contributed by atoms with Crippen LogP contribution in [0.25, 0.3) is 10.8 Å². The van der Waals surface area contributed by atoms with E-state index in [1.165, 1.54) is 6.21 Å². The number of carbonyl (C=O) groups is 2. The summed E-state index contributed by atoms with van der Waals surface area (Å²) in [5, 5.41) is 19.5. The maximum Gasteiger partial charge on any atom is 0.305 e. The molecule has 0 saturated carbocycles. The SMILES string of the molecule is O=C(O)CC1SC(=NN=Cc2ccc3ccccc3c2F)NC1=O. The van der Waals surface area contributed by atoms with Crippen LogP contribution in [0.3, 0.4) is 0 Å². The van der Waals surface area contributed by atoms with Crippen molar-refractivity contribution in [3.63, 3.8) is 0 Å². The van der Waals surface area contributed by atoms with Crippen LogP contribution < -0.4 is 5.32 Å². The topological polar surface area (TPSA) is 91.1 Å². The maximum atomic E-state index is 14.4. The van der Waals surface area contributed by atoms with Gasteiger partial charge in [-0.1, -0.05) is 42.1 Å². The molecule has 0 radical (unpaired) electrons. The van der Waals surface area contributed by atoms with E-state index in [0.717, 1.165) is 17.1 Å². The van der Waals surface area contributed by atoms with Gasteiger partial charge in [-0.3, -0.25) is 9.59 Å². The molecule has 0 spiro atoms. The summed E-state index contributed by atoms with van der Waals surface area (Å²) >= 11 is 0.990. The number of carbonyl (C=O) groups excluding carboxylic acids is 1. The lowest BCUT2D eigenvalue weighted by Crippen LogP contribution is -2.26. The predicted molar refractivity (Wildman–Crippen MR) is 90.7 cm³/mol. The molecule has 0 bridgehead atoms. The molecule has 2 aromatic rings. The average molecular weight is 345 g/mol. The van der Waals surface area contributed by atoms with Crippen LogP contribution in [0.2, 0.25) is 0 Å². The highest BCUT2D eigenvalue weighted by molar-refractivity contribution is 8.15. The number of thioether (sulfide) groups is 1. The van der Waals surface area contributed by atoms with E-state index < -0.39 is 22.9 Å². The first-order valence-electron chi connectivity index (χ1n) is 7.02. The molecule has 1 unspecified atom stereocenters.